The summed E-state index contributed by atoms with van der Waals surface area (Å²) in [7, 11) is 4.38. The SMILES string of the molecule is CCC(N)Cc1ccccc1N1CCC(N(C)C)CC1. The summed E-state index contributed by atoms with van der Waals surface area (Å²) < 4.78 is 0. The number of nitrogens with two attached hydrogens (primary N) is 1. The van der Waals surface area contributed by atoms with Crippen LogP contribution in [-0.4, -0.2) is 44.2 Å². The molecule has 1 unspecified atom stereocenters. The van der Waals surface area contributed by atoms with E-state index in [2.05, 4.69) is 55.1 Å². The van der Waals surface area contributed by atoms with Crippen molar-refractivity contribution in [2.45, 2.75) is 44.7 Å². The van der Waals surface area contributed by atoms with Gasteiger partial charge in [0.25, 0.3) is 0 Å². The number of nitrogens with zero attached hydrogens (tertiary/aromatic N) is 2. The van der Waals surface area contributed by atoms with Crippen LogP contribution in [0, 0.1) is 0 Å². The fourth-order valence-electron chi connectivity index (χ4n) is 3.04. The Kier molecular flexibility index (Phi) is 5.44. The van der Waals surface area contributed by atoms with E-state index in [4.69, 9.17) is 5.73 Å². The molecule has 0 bridgehead atoms. The summed E-state index contributed by atoms with van der Waals surface area (Å²) in [6.07, 6.45) is 4.53. The van der Waals surface area contributed by atoms with E-state index in [1.165, 1.54) is 24.1 Å². The number of benzene rings is 1. The molecule has 2 N–H and O–H groups in total. The number of rotatable bonds is 5. The molecule has 3 nitrogen and oxygen atoms in total. The first-order valence-corrected chi connectivity index (χ1v) is 7.86. The number of para-hydroxylation sites is 1. The Morgan fingerprint density at radius 1 is 1.25 bits per heavy atom. The Bertz CT molecular complexity index is 408. The zero-order valence-corrected chi connectivity index (χ0v) is 13.2. The van der Waals surface area contributed by atoms with Crippen molar-refractivity contribution in [2.24, 2.45) is 5.73 Å². The number of hydrogen-bond acceptors (Lipinski definition) is 3. The normalized spacial score (nSPS) is 18.6. The highest BCUT2D eigenvalue weighted by Crippen LogP contribution is 2.26. The lowest BCUT2D eigenvalue weighted by molar-refractivity contribution is 0.249. The predicted molar refractivity (Wildman–Crippen MR) is 87.3 cm³/mol. The third-order valence-electron chi connectivity index (χ3n) is 4.53. The molecular weight excluding hydrogens is 246 g/mol. The van der Waals surface area contributed by atoms with Crippen molar-refractivity contribution in [3.63, 3.8) is 0 Å². The standard InChI is InChI=1S/C17H29N3/c1-4-15(18)13-14-7-5-6-8-17(14)20-11-9-16(10-12-20)19(2)3/h5-8,15-16H,4,9-13,18H2,1-3H3. The molecule has 0 aliphatic carbocycles. The number of piperidine rings is 1. The van der Waals surface area contributed by atoms with Gasteiger partial charge in [-0.2, -0.15) is 0 Å². The van der Waals surface area contributed by atoms with Crippen LogP contribution in [0.3, 0.4) is 0 Å². The number of hydrogen-bond donors (Lipinski definition) is 1. The van der Waals surface area contributed by atoms with E-state index in [-0.39, 0.29) is 6.04 Å². The summed E-state index contributed by atoms with van der Waals surface area (Å²) in [6.45, 7) is 4.47. The largest absolute Gasteiger partial charge is 0.371 e. The molecule has 0 amide bonds. The van der Waals surface area contributed by atoms with Crippen LogP contribution in [-0.2, 0) is 6.42 Å². The lowest BCUT2D eigenvalue weighted by Crippen LogP contribution is -2.42. The Hall–Kier alpha value is -1.06. The Morgan fingerprint density at radius 2 is 1.90 bits per heavy atom. The van der Waals surface area contributed by atoms with Crippen LogP contribution >= 0.6 is 0 Å². The Balaban J connectivity index is 2.06. The zero-order valence-electron chi connectivity index (χ0n) is 13.2. The van der Waals surface area contributed by atoms with Gasteiger partial charge in [-0.05, 0) is 51.4 Å². The summed E-state index contributed by atoms with van der Waals surface area (Å²) in [5.74, 6) is 0. The monoisotopic (exact) mass is 275 g/mol. The molecule has 2 rings (SSSR count). The van der Waals surface area contributed by atoms with Gasteiger partial charge in [0.1, 0.15) is 0 Å². The molecule has 1 aliphatic rings. The van der Waals surface area contributed by atoms with Gasteiger partial charge in [0.05, 0.1) is 0 Å². The second-order valence-electron chi connectivity index (χ2n) is 6.18. The van der Waals surface area contributed by atoms with E-state index >= 15 is 0 Å². The molecule has 1 atom stereocenters. The maximum Gasteiger partial charge on any atom is 0.0399 e. The minimum atomic E-state index is 0.274. The second-order valence-corrected chi connectivity index (χ2v) is 6.18. The van der Waals surface area contributed by atoms with E-state index in [0.29, 0.717) is 0 Å². The van der Waals surface area contributed by atoms with Crippen LogP contribution in [0.1, 0.15) is 31.7 Å². The third-order valence-corrected chi connectivity index (χ3v) is 4.53. The Labute approximate surface area is 123 Å². The van der Waals surface area contributed by atoms with Crippen molar-refractivity contribution in [3.05, 3.63) is 29.8 Å². The van der Waals surface area contributed by atoms with E-state index < -0.39 is 0 Å². The van der Waals surface area contributed by atoms with Crippen molar-refractivity contribution in [1.29, 1.82) is 0 Å². The second kappa shape index (κ2) is 7.09. The molecule has 1 fully saturated rings. The van der Waals surface area contributed by atoms with Gasteiger partial charge < -0.3 is 15.5 Å². The van der Waals surface area contributed by atoms with Crippen molar-refractivity contribution in [2.75, 3.05) is 32.1 Å². The molecule has 1 heterocycles. The lowest BCUT2D eigenvalue weighted by atomic mass is 9.99. The Morgan fingerprint density at radius 3 is 2.50 bits per heavy atom. The predicted octanol–water partition coefficient (Wildman–Crippen LogP) is 2.50. The first-order valence-electron chi connectivity index (χ1n) is 7.86. The van der Waals surface area contributed by atoms with Gasteiger partial charge in [0, 0.05) is 30.9 Å². The molecule has 0 saturated carbocycles. The minimum Gasteiger partial charge on any atom is -0.371 e. The fourth-order valence-corrected chi connectivity index (χ4v) is 3.04. The van der Waals surface area contributed by atoms with Crippen LogP contribution in [0.25, 0.3) is 0 Å². The molecule has 1 aromatic rings. The first-order chi connectivity index (χ1) is 9.61. The zero-order chi connectivity index (χ0) is 14.5. The molecule has 20 heavy (non-hydrogen) atoms. The highest BCUT2D eigenvalue weighted by Gasteiger charge is 2.22. The fraction of sp³-hybridized carbons (Fsp3) is 0.647. The highest BCUT2D eigenvalue weighted by atomic mass is 15.2. The molecular formula is C17H29N3. The molecule has 1 aliphatic heterocycles. The lowest BCUT2D eigenvalue weighted by Gasteiger charge is -2.37. The van der Waals surface area contributed by atoms with Gasteiger partial charge in [-0.15, -0.1) is 0 Å². The maximum absolute atomic E-state index is 6.14. The van der Waals surface area contributed by atoms with Gasteiger partial charge in [0.2, 0.25) is 0 Å². The van der Waals surface area contributed by atoms with E-state index in [0.717, 1.165) is 32.0 Å². The van der Waals surface area contributed by atoms with Crippen molar-refractivity contribution in [3.8, 4) is 0 Å². The summed E-state index contributed by atoms with van der Waals surface area (Å²) in [4.78, 5) is 4.90. The number of anilines is 1. The minimum absolute atomic E-state index is 0.274. The van der Waals surface area contributed by atoms with Gasteiger partial charge in [-0.3, -0.25) is 0 Å². The molecule has 1 saturated heterocycles. The summed E-state index contributed by atoms with van der Waals surface area (Å²) in [6, 6.07) is 9.78. The molecule has 1 aromatic carbocycles. The highest BCUT2D eigenvalue weighted by molar-refractivity contribution is 5.54. The van der Waals surface area contributed by atoms with Crippen molar-refractivity contribution < 1.29 is 0 Å². The van der Waals surface area contributed by atoms with Gasteiger partial charge in [0.15, 0.2) is 0 Å². The molecule has 0 radical (unpaired) electrons. The van der Waals surface area contributed by atoms with Crippen LogP contribution in [0.4, 0.5) is 5.69 Å². The van der Waals surface area contributed by atoms with Crippen LogP contribution < -0.4 is 10.6 Å². The van der Waals surface area contributed by atoms with Crippen LogP contribution in [0.15, 0.2) is 24.3 Å². The molecule has 112 valence electrons. The van der Waals surface area contributed by atoms with Gasteiger partial charge in [-0.1, -0.05) is 25.1 Å². The quantitative estimate of drug-likeness (QED) is 0.896. The van der Waals surface area contributed by atoms with E-state index in [9.17, 15) is 0 Å². The molecule has 0 aromatic heterocycles. The molecule has 0 spiro atoms. The summed E-state index contributed by atoms with van der Waals surface area (Å²) in [5, 5.41) is 0. The smallest absolute Gasteiger partial charge is 0.0399 e. The van der Waals surface area contributed by atoms with Crippen molar-refractivity contribution in [1.82, 2.24) is 4.90 Å². The van der Waals surface area contributed by atoms with Crippen LogP contribution in [0.2, 0.25) is 0 Å². The average molecular weight is 275 g/mol. The van der Waals surface area contributed by atoms with E-state index in [1.807, 2.05) is 0 Å². The average Bonchev–Trinajstić information content (AvgIpc) is 2.48. The maximum atomic E-state index is 6.14. The first kappa shape index (κ1) is 15.3. The molecule has 3 heteroatoms. The summed E-state index contributed by atoms with van der Waals surface area (Å²) >= 11 is 0. The van der Waals surface area contributed by atoms with Gasteiger partial charge in [-0.25, -0.2) is 0 Å². The third kappa shape index (κ3) is 3.74. The van der Waals surface area contributed by atoms with Crippen molar-refractivity contribution >= 4 is 5.69 Å². The topological polar surface area (TPSA) is 32.5 Å². The summed E-state index contributed by atoms with van der Waals surface area (Å²) in [5.41, 5.74) is 8.94. The van der Waals surface area contributed by atoms with Crippen LogP contribution in [0.5, 0.6) is 0 Å². The van der Waals surface area contributed by atoms with E-state index in [1.54, 1.807) is 0 Å². The van der Waals surface area contributed by atoms with Gasteiger partial charge >= 0.3 is 0 Å².